The number of imide groups is 1. The molecule has 0 rings (SSSR count). The Balaban J connectivity index is 3.32. The molecule has 0 radical (unpaired) electrons. The van der Waals surface area contributed by atoms with Crippen LogP contribution in [0.2, 0.25) is 0 Å². The summed E-state index contributed by atoms with van der Waals surface area (Å²) < 4.78 is 0. The number of nitrogens with two attached hydrogens (primary N) is 1. The first-order valence-corrected chi connectivity index (χ1v) is 3.97. The zero-order valence-electron chi connectivity index (χ0n) is 7.96. The zero-order chi connectivity index (χ0) is 10.3. The Hall–Kier alpha value is -1.14. The monoisotopic (exact) mass is 188 g/mol. The van der Waals surface area contributed by atoms with Gasteiger partial charge in [0.25, 0.3) is 0 Å². The molecule has 6 heteroatoms. The van der Waals surface area contributed by atoms with Crippen LogP contribution >= 0.6 is 0 Å². The minimum atomic E-state index is -0.820. The number of nitrogens with one attached hydrogen (secondary N) is 2. The van der Waals surface area contributed by atoms with E-state index in [2.05, 4.69) is 5.32 Å². The molecule has 13 heavy (non-hydrogen) atoms. The maximum atomic E-state index is 10.8. The van der Waals surface area contributed by atoms with Crippen molar-refractivity contribution >= 4 is 11.9 Å². The summed E-state index contributed by atoms with van der Waals surface area (Å²) >= 11 is 0. The molecule has 0 saturated heterocycles. The van der Waals surface area contributed by atoms with E-state index in [0.29, 0.717) is 6.54 Å². The first-order chi connectivity index (χ1) is 6.02. The second-order valence-electron chi connectivity index (χ2n) is 2.89. The van der Waals surface area contributed by atoms with Crippen molar-refractivity contribution in [1.29, 1.82) is 0 Å². The molecule has 0 bridgehead atoms. The Morgan fingerprint density at radius 1 is 1.38 bits per heavy atom. The van der Waals surface area contributed by atoms with Gasteiger partial charge in [-0.1, -0.05) is 0 Å². The Labute approximate surface area is 77.5 Å². The molecular formula is C7H16N4O2. The van der Waals surface area contributed by atoms with Gasteiger partial charge in [0.05, 0.1) is 6.54 Å². The highest BCUT2D eigenvalue weighted by Crippen LogP contribution is 1.70. The van der Waals surface area contributed by atoms with E-state index < -0.39 is 11.9 Å². The molecule has 6 nitrogen and oxygen atoms in total. The van der Waals surface area contributed by atoms with Gasteiger partial charge in [0.2, 0.25) is 5.91 Å². The van der Waals surface area contributed by atoms with Crippen molar-refractivity contribution in [2.24, 2.45) is 5.73 Å². The molecule has 0 unspecified atom stereocenters. The van der Waals surface area contributed by atoms with Crippen molar-refractivity contribution in [3.05, 3.63) is 0 Å². The predicted octanol–water partition coefficient (Wildman–Crippen LogP) is -1.67. The summed E-state index contributed by atoms with van der Waals surface area (Å²) in [7, 11) is 3.87. The molecule has 0 aliphatic heterocycles. The van der Waals surface area contributed by atoms with E-state index in [1.807, 2.05) is 24.3 Å². The highest BCUT2D eigenvalue weighted by atomic mass is 16.2. The Morgan fingerprint density at radius 2 is 2.00 bits per heavy atom. The fourth-order valence-corrected chi connectivity index (χ4v) is 0.686. The van der Waals surface area contributed by atoms with Gasteiger partial charge in [-0.25, -0.2) is 4.79 Å². The van der Waals surface area contributed by atoms with Crippen molar-refractivity contribution in [3.8, 4) is 0 Å². The standard InChI is InChI=1S/C7H16N4O2/c1-11(2)4-3-9-5-6(12)10-7(8)13/h9H,3-5H2,1-2H3,(H3,8,10,12,13). The fraction of sp³-hybridized carbons (Fsp3) is 0.714. The third-order valence-corrected chi connectivity index (χ3v) is 1.28. The number of carbonyl (C=O) groups is 2. The Bertz CT molecular complexity index is 181. The topological polar surface area (TPSA) is 87.5 Å². The molecule has 76 valence electrons. The van der Waals surface area contributed by atoms with Crippen LogP contribution in [0.1, 0.15) is 0 Å². The van der Waals surface area contributed by atoms with Gasteiger partial charge in [0.1, 0.15) is 0 Å². The molecular weight excluding hydrogens is 172 g/mol. The summed E-state index contributed by atoms with van der Waals surface area (Å²) in [4.78, 5) is 23.0. The van der Waals surface area contributed by atoms with E-state index in [4.69, 9.17) is 5.73 Å². The van der Waals surface area contributed by atoms with Gasteiger partial charge < -0.3 is 16.0 Å². The van der Waals surface area contributed by atoms with Gasteiger partial charge in [-0.3, -0.25) is 10.1 Å². The molecule has 0 aromatic carbocycles. The minimum absolute atomic E-state index is 0.108. The summed E-state index contributed by atoms with van der Waals surface area (Å²) in [5.41, 5.74) is 4.74. The molecule has 0 saturated carbocycles. The van der Waals surface area contributed by atoms with Crippen molar-refractivity contribution in [3.63, 3.8) is 0 Å². The Kier molecular flexibility index (Phi) is 5.82. The van der Waals surface area contributed by atoms with Crippen LogP contribution in [0.4, 0.5) is 4.79 Å². The number of hydrogen-bond acceptors (Lipinski definition) is 4. The summed E-state index contributed by atoms with van der Waals surface area (Å²) in [6.45, 7) is 1.64. The number of amides is 3. The van der Waals surface area contributed by atoms with Gasteiger partial charge in [-0.15, -0.1) is 0 Å². The lowest BCUT2D eigenvalue weighted by Crippen LogP contribution is -2.41. The van der Waals surface area contributed by atoms with Gasteiger partial charge in [0, 0.05) is 13.1 Å². The predicted molar refractivity (Wildman–Crippen MR) is 49.1 cm³/mol. The van der Waals surface area contributed by atoms with Gasteiger partial charge >= 0.3 is 6.03 Å². The SMILES string of the molecule is CN(C)CCNCC(=O)NC(N)=O. The summed E-state index contributed by atoms with van der Waals surface area (Å²) in [6, 6.07) is -0.820. The first kappa shape index (κ1) is 11.9. The number of urea groups is 1. The lowest BCUT2D eigenvalue weighted by molar-refractivity contribution is -0.119. The molecule has 4 N–H and O–H groups in total. The normalized spacial score (nSPS) is 10.1. The first-order valence-electron chi connectivity index (χ1n) is 3.97. The van der Waals surface area contributed by atoms with E-state index in [9.17, 15) is 9.59 Å². The van der Waals surface area contributed by atoms with Crippen LogP contribution in [0.25, 0.3) is 0 Å². The summed E-state index contributed by atoms with van der Waals surface area (Å²) in [5.74, 6) is -0.411. The van der Waals surface area contributed by atoms with Crippen LogP contribution in [0, 0.1) is 0 Å². The van der Waals surface area contributed by atoms with Crippen molar-refractivity contribution in [1.82, 2.24) is 15.5 Å². The highest BCUT2D eigenvalue weighted by Gasteiger charge is 2.02. The van der Waals surface area contributed by atoms with Crippen LogP contribution < -0.4 is 16.4 Å². The van der Waals surface area contributed by atoms with Crippen LogP contribution in [-0.2, 0) is 4.79 Å². The van der Waals surface area contributed by atoms with Gasteiger partial charge in [-0.2, -0.15) is 0 Å². The zero-order valence-corrected chi connectivity index (χ0v) is 7.96. The van der Waals surface area contributed by atoms with Crippen LogP contribution in [0.15, 0.2) is 0 Å². The van der Waals surface area contributed by atoms with E-state index >= 15 is 0 Å². The molecule has 0 aliphatic carbocycles. The fourth-order valence-electron chi connectivity index (χ4n) is 0.686. The van der Waals surface area contributed by atoms with E-state index in [1.165, 1.54) is 0 Å². The van der Waals surface area contributed by atoms with E-state index in [-0.39, 0.29) is 6.54 Å². The van der Waals surface area contributed by atoms with E-state index in [0.717, 1.165) is 6.54 Å². The second kappa shape index (κ2) is 6.38. The van der Waals surface area contributed by atoms with Gasteiger partial charge in [0.15, 0.2) is 0 Å². The molecule has 0 aromatic rings. The third-order valence-electron chi connectivity index (χ3n) is 1.28. The lowest BCUT2D eigenvalue weighted by atomic mass is 10.5. The number of rotatable bonds is 5. The molecule has 0 heterocycles. The smallest absolute Gasteiger partial charge is 0.318 e. The largest absolute Gasteiger partial charge is 0.351 e. The molecule has 0 fully saturated rings. The minimum Gasteiger partial charge on any atom is -0.351 e. The van der Waals surface area contributed by atoms with Crippen molar-refractivity contribution in [2.75, 3.05) is 33.7 Å². The average molecular weight is 188 g/mol. The van der Waals surface area contributed by atoms with Crippen LogP contribution in [0.5, 0.6) is 0 Å². The Morgan fingerprint density at radius 3 is 2.46 bits per heavy atom. The van der Waals surface area contributed by atoms with Gasteiger partial charge in [-0.05, 0) is 14.1 Å². The third kappa shape index (κ3) is 8.77. The molecule has 3 amide bonds. The van der Waals surface area contributed by atoms with Crippen LogP contribution in [0.3, 0.4) is 0 Å². The number of hydrogen-bond donors (Lipinski definition) is 3. The number of carbonyl (C=O) groups excluding carboxylic acids is 2. The maximum Gasteiger partial charge on any atom is 0.318 e. The number of nitrogens with zero attached hydrogens (tertiary/aromatic N) is 1. The average Bonchev–Trinajstić information content (AvgIpc) is 1.96. The number of likely N-dealkylation sites (N-methyl/N-ethyl adjacent to an activating group) is 1. The summed E-state index contributed by atoms with van der Waals surface area (Å²) in [6.07, 6.45) is 0. The molecule has 0 atom stereocenters. The molecule has 0 aliphatic rings. The van der Waals surface area contributed by atoms with E-state index in [1.54, 1.807) is 0 Å². The highest BCUT2D eigenvalue weighted by molar-refractivity contribution is 5.94. The summed E-state index contributed by atoms with van der Waals surface area (Å²) in [5, 5.41) is 4.82. The quantitative estimate of drug-likeness (QED) is 0.450. The lowest BCUT2D eigenvalue weighted by Gasteiger charge is -2.09. The molecule has 0 aromatic heterocycles. The van der Waals surface area contributed by atoms with Crippen molar-refractivity contribution < 1.29 is 9.59 Å². The molecule has 0 spiro atoms. The number of primary amides is 1. The second-order valence-corrected chi connectivity index (χ2v) is 2.89. The van der Waals surface area contributed by atoms with Crippen LogP contribution in [-0.4, -0.2) is 50.6 Å². The maximum absolute atomic E-state index is 10.8. The van der Waals surface area contributed by atoms with Crippen molar-refractivity contribution in [2.45, 2.75) is 0 Å².